The van der Waals surface area contributed by atoms with Gasteiger partial charge in [0.15, 0.2) is 0 Å². The number of fused-ring (bicyclic) bond motifs is 1. The van der Waals surface area contributed by atoms with E-state index in [1.807, 2.05) is 16.0 Å². The molecule has 0 radical (unpaired) electrons. The minimum Gasteiger partial charge on any atom is -0.317 e. The van der Waals surface area contributed by atoms with Crippen LogP contribution in [0.3, 0.4) is 0 Å². The number of thiophene rings is 1. The van der Waals surface area contributed by atoms with E-state index in [1.165, 1.54) is 34.6 Å². The molecule has 18 heavy (non-hydrogen) atoms. The summed E-state index contributed by atoms with van der Waals surface area (Å²) in [5, 5.41) is 4.25. The first-order valence-corrected chi connectivity index (χ1v) is 7.36. The highest BCUT2D eigenvalue weighted by Gasteiger charge is 2.21. The molecule has 0 fully saturated rings. The molecule has 3 rings (SSSR count). The van der Waals surface area contributed by atoms with Crippen molar-refractivity contribution >= 4 is 11.3 Å². The second kappa shape index (κ2) is 4.82. The maximum Gasteiger partial charge on any atom is 0.149 e. The normalized spacial score (nSPS) is 15.9. The van der Waals surface area contributed by atoms with Gasteiger partial charge in [0, 0.05) is 16.3 Å². The van der Waals surface area contributed by atoms with Crippen molar-refractivity contribution in [3.63, 3.8) is 0 Å². The molecule has 2 N–H and O–H groups in total. The average Bonchev–Trinajstić information content (AvgIpc) is 3.02. The quantitative estimate of drug-likeness (QED) is 0.919. The topological polar surface area (TPSA) is 56.7 Å². The monoisotopic (exact) mass is 262 g/mol. The van der Waals surface area contributed by atoms with Gasteiger partial charge in [-0.05, 0) is 37.3 Å². The molecule has 0 bridgehead atoms. The van der Waals surface area contributed by atoms with Gasteiger partial charge in [-0.1, -0.05) is 6.92 Å². The molecule has 1 atom stereocenters. The number of nitrogens with zero attached hydrogens (tertiary/aromatic N) is 3. The Morgan fingerprint density at radius 3 is 3.17 bits per heavy atom. The zero-order valence-electron chi connectivity index (χ0n) is 10.6. The Labute approximate surface area is 111 Å². The summed E-state index contributed by atoms with van der Waals surface area (Å²) >= 11 is 1.85. The standard InChI is InChI=1S/C13H18N4S/c1-2-6-17-13(15-8-16-17)12(14)11-7-9-4-3-5-10(9)18-11/h7-8,12H,2-6,14H2,1H3. The molecule has 2 aromatic rings. The molecule has 2 aromatic heterocycles. The van der Waals surface area contributed by atoms with Gasteiger partial charge >= 0.3 is 0 Å². The number of hydrogen-bond acceptors (Lipinski definition) is 4. The summed E-state index contributed by atoms with van der Waals surface area (Å²) < 4.78 is 1.93. The van der Waals surface area contributed by atoms with E-state index < -0.39 is 0 Å². The zero-order chi connectivity index (χ0) is 12.5. The van der Waals surface area contributed by atoms with Crippen LogP contribution >= 0.6 is 11.3 Å². The van der Waals surface area contributed by atoms with Crippen LogP contribution in [0.25, 0.3) is 0 Å². The summed E-state index contributed by atoms with van der Waals surface area (Å²) in [7, 11) is 0. The molecule has 0 saturated carbocycles. The maximum atomic E-state index is 6.34. The van der Waals surface area contributed by atoms with Crippen LogP contribution in [0.1, 0.15) is 46.9 Å². The fourth-order valence-electron chi connectivity index (χ4n) is 2.53. The Bertz CT molecular complexity index is 521. The van der Waals surface area contributed by atoms with Crippen LogP contribution < -0.4 is 5.73 Å². The molecule has 5 heteroatoms. The van der Waals surface area contributed by atoms with Gasteiger partial charge in [0.25, 0.3) is 0 Å². The smallest absolute Gasteiger partial charge is 0.149 e. The van der Waals surface area contributed by atoms with Crippen molar-refractivity contribution in [2.24, 2.45) is 5.73 Å². The van der Waals surface area contributed by atoms with Gasteiger partial charge in [-0.3, -0.25) is 0 Å². The number of nitrogens with two attached hydrogens (primary N) is 1. The largest absolute Gasteiger partial charge is 0.317 e. The Morgan fingerprint density at radius 1 is 1.50 bits per heavy atom. The van der Waals surface area contributed by atoms with Crippen molar-refractivity contribution in [2.75, 3.05) is 0 Å². The summed E-state index contributed by atoms with van der Waals surface area (Å²) in [6, 6.07) is 2.14. The van der Waals surface area contributed by atoms with E-state index in [4.69, 9.17) is 5.73 Å². The second-order valence-corrected chi connectivity index (χ2v) is 5.94. The van der Waals surface area contributed by atoms with Crippen LogP contribution in [0, 0.1) is 0 Å². The Hall–Kier alpha value is -1.20. The lowest BCUT2D eigenvalue weighted by atomic mass is 10.2. The second-order valence-electron chi connectivity index (χ2n) is 4.77. The van der Waals surface area contributed by atoms with Crippen molar-refractivity contribution in [1.82, 2.24) is 14.8 Å². The third-order valence-corrected chi connectivity index (χ3v) is 4.75. The minimum atomic E-state index is -0.130. The molecule has 1 aliphatic rings. The van der Waals surface area contributed by atoms with Crippen molar-refractivity contribution in [3.8, 4) is 0 Å². The van der Waals surface area contributed by atoms with Crippen molar-refractivity contribution < 1.29 is 0 Å². The highest BCUT2D eigenvalue weighted by Crippen LogP contribution is 2.34. The molecule has 4 nitrogen and oxygen atoms in total. The van der Waals surface area contributed by atoms with Crippen LogP contribution in [0.5, 0.6) is 0 Å². The fourth-order valence-corrected chi connectivity index (χ4v) is 3.79. The highest BCUT2D eigenvalue weighted by molar-refractivity contribution is 7.12. The average molecular weight is 262 g/mol. The summed E-state index contributed by atoms with van der Waals surface area (Å²) in [4.78, 5) is 7.07. The molecule has 0 aromatic carbocycles. The number of hydrogen-bond donors (Lipinski definition) is 1. The lowest BCUT2D eigenvalue weighted by Gasteiger charge is -2.10. The van der Waals surface area contributed by atoms with Gasteiger partial charge < -0.3 is 5.73 Å². The van der Waals surface area contributed by atoms with Crippen molar-refractivity contribution in [3.05, 3.63) is 33.5 Å². The van der Waals surface area contributed by atoms with E-state index in [0.717, 1.165) is 18.8 Å². The molecule has 0 aliphatic heterocycles. The summed E-state index contributed by atoms with van der Waals surface area (Å²) in [6.45, 7) is 3.02. The van der Waals surface area contributed by atoms with E-state index in [0.29, 0.717) is 0 Å². The van der Waals surface area contributed by atoms with Gasteiger partial charge in [0.1, 0.15) is 12.2 Å². The van der Waals surface area contributed by atoms with E-state index in [1.54, 1.807) is 6.33 Å². The SMILES string of the molecule is CCCn1ncnc1C(N)c1cc2c(s1)CCC2. The van der Waals surface area contributed by atoms with Gasteiger partial charge in [-0.15, -0.1) is 11.3 Å². The predicted molar refractivity (Wildman–Crippen MR) is 72.7 cm³/mol. The number of aromatic nitrogens is 3. The molecule has 0 amide bonds. The van der Waals surface area contributed by atoms with Crippen molar-refractivity contribution in [2.45, 2.75) is 45.2 Å². The third kappa shape index (κ3) is 1.97. The van der Waals surface area contributed by atoms with Crippen LogP contribution in [0.4, 0.5) is 0 Å². The van der Waals surface area contributed by atoms with E-state index in [-0.39, 0.29) is 6.04 Å². The molecule has 0 spiro atoms. The molecule has 1 unspecified atom stereocenters. The van der Waals surface area contributed by atoms with Crippen LogP contribution in [-0.4, -0.2) is 14.8 Å². The van der Waals surface area contributed by atoms with Gasteiger partial charge in [0.2, 0.25) is 0 Å². The first kappa shape index (κ1) is 11.9. The van der Waals surface area contributed by atoms with Gasteiger partial charge in [-0.2, -0.15) is 5.10 Å². The predicted octanol–water partition coefficient (Wildman–Crippen LogP) is 2.29. The van der Waals surface area contributed by atoms with Crippen LogP contribution in [-0.2, 0) is 19.4 Å². The van der Waals surface area contributed by atoms with Crippen LogP contribution in [0.2, 0.25) is 0 Å². The zero-order valence-corrected chi connectivity index (χ0v) is 11.4. The third-order valence-electron chi connectivity index (χ3n) is 3.43. The van der Waals surface area contributed by atoms with E-state index in [9.17, 15) is 0 Å². The Morgan fingerprint density at radius 2 is 2.39 bits per heavy atom. The maximum absolute atomic E-state index is 6.34. The molecular formula is C13H18N4S. The summed E-state index contributed by atoms with van der Waals surface area (Å²) in [6.07, 6.45) is 6.37. The van der Waals surface area contributed by atoms with E-state index >= 15 is 0 Å². The fraction of sp³-hybridized carbons (Fsp3) is 0.538. The Kier molecular flexibility index (Phi) is 3.18. The molecule has 1 aliphatic carbocycles. The highest BCUT2D eigenvalue weighted by atomic mass is 32.1. The van der Waals surface area contributed by atoms with Crippen LogP contribution in [0.15, 0.2) is 12.4 Å². The molecular weight excluding hydrogens is 244 g/mol. The van der Waals surface area contributed by atoms with Gasteiger partial charge in [0.05, 0.1) is 6.04 Å². The summed E-state index contributed by atoms with van der Waals surface area (Å²) in [5.41, 5.74) is 7.83. The minimum absolute atomic E-state index is 0.130. The number of rotatable bonds is 4. The molecule has 2 heterocycles. The Balaban J connectivity index is 1.88. The first-order valence-electron chi connectivity index (χ1n) is 6.54. The molecule has 0 saturated heterocycles. The van der Waals surface area contributed by atoms with E-state index in [2.05, 4.69) is 23.1 Å². The van der Waals surface area contributed by atoms with Gasteiger partial charge in [-0.25, -0.2) is 9.67 Å². The summed E-state index contributed by atoms with van der Waals surface area (Å²) in [5.74, 6) is 0.886. The molecule has 96 valence electrons. The number of aryl methyl sites for hydroxylation is 3. The van der Waals surface area contributed by atoms with Crippen molar-refractivity contribution in [1.29, 1.82) is 0 Å². The first-order chi connectivity index (χ1) is 8.79. The lowest BCUT2D eigenvalue weighted by Crippen LogP contribution is -2.17. The lowest BCUT2D eigenvalue weighted by molar-refractivity contribution is 0.555.